The molecule has 24 heavy (non-hydrogen) atoms. The summed E-state index contributed by atoms with van der Waals surface area (Å²) in [5.41, 5.74) is 5.94. The first-order valence-corrected chi connectivity index (χ1v) is 9.37. The molecule has 1 N–H and O–H groups in total. The van der Waals surface area contributed by atoms with Gasteiger partial charge in [-0.25, -0.2) is 0 Å². The smallest absolute Gasteiger partial charge is 0.0405 e. The number of fused-ring (bicyclic) bond motifs is 3. The van der Waals surface area contributed by atoms with Gasteiger partial charge in [0, 0.05) is 37.3 Å². The summed E-state index contributed by atoms with van der Waals surface area (Å²) in [6, 6.07) is 7.77. The molecule has 0 amide bonds. The van der Waals surface area contributed by atoms with Gasteiger partial charge in [-0.15, -0.1) is 0 Å². The highest BCUT2D eigenvalue weighted by Gasteiger charge is 2.39. The Kier molecular flexibility index (Phi) is 4.36. The largest absolute Gasteiger partial charge is 0.387 e. The van der Waals surface area contributed by atoms with Gasteiger partial charge in [0.25, 0.3) is 0 Å². The first kappa shape index (κ1) is 15.8. The highest BCUT2D eigenvalue weighted by molar-refractivity contribution is 5.63. The number of rotatable bonds is 3. The van der Waals surface area contributed by atoms with Crippen LogP contribution in [0.25, 0.3) is 0 Å². The first-order valence-electron chi connectivity index (χ1n) is 9.37. The van der Waals surface area contributed by atoms with E-state index in [0.29, 0.717) is 12.0 Å². The molecule has 0 unspecified atom stereocenters. The molecule has 0 bridgehead atoms. The standard InChI is InChI=1S/C21H29N3/c1-16-5-6-21-18(14-16)19-15-23(2)12-3-4-20(19)24(21)13-9-17-7-10-22-11-8-17/h5-8,10,14,19-20,22H,3-4,9,11-13,15H2,1-2H3/t19-,20-/m0/s1. The van der Waals surface area contributed by atoms with Crippen molar-refractivity contribution < 1.29 is 0 Å². The van der Waals surface area contributed by atoms with Crippen LogP contribution in [0.1, 0.15) is 36.3 Å². The van der Waals surface area contributed by atoms with E-state index < -0.39 is 0 Å². The van der Waals surface area contributed by atoms with Crippen LogP contribution < -0.4 is 10.2 Å². The molecular formula is C21H29N3. The lowest BCUT2D eigenvalue weighted by Gasteiger charge is -2.30. The molecular weight excluding hydrogens is 294 g/mol. The Morgan fingerprint density at radius 3 is 3.04 bits per heavy atom. The van der Waals surface area contributed by atoms with Gasteiger partial charge in [-0.1, -0.05) is 23.8 Å². The lowest BCUT2D eigenvalue weighted by Crippen LogP contribution is -2.36. The maximum atomic E-state index is 3.25. The van der Waals surface area contributed by atoms with Crippen molar-refractivity contribution in [2.75, 3.05) is 38.1 Å². The van der Waals surface area contributed by atoms with Crippen LogP contribution in [-0.4, -0.2) is 44.2 Å². The zero-order valence-corrected chi connectivity index (χ0v) is 15.0. The molecule has 0 spiro atoms. The number of nitrogens with zero attached hydrogens (tertiary/aromatic N) is 2. The third kappa shape index (κ3) is 2.98. The number of anilines is 1. The molecule has 128 valence electrons. The van der Waals surface area contributed by atoms with E-state index >= 15 is 0 Å². The molecule has 2 atom stereocenters. The highest BCUT2D eigenvalue weighted by Crippen LogP contribution is 2.44. The van der Waals surface area contributed by atoms with Gasteiger partial charge in [-0.3, -0.25) is 0 Å². The average Bonchev–Trinajstić information content (AvgIpc) is 2.73. The van der Waals surface area contributed by atoms with E-state index in [1.54, 1.807) is 5.56 Å². The van der Waals surface area contributed by atoms with Crippen LogP contribution in [0.4, 0.5) is 5.69 Å². The topological polar surface area (TPSA) is 18.5 Å². The second-order valence-corrected chi connectivity index (χ2v) is 7.60. The van der Waals surface area contributed by atoms with Gasteiger partial charge >= 0.3 is 0 Å². The molecule has 0 radical (unpaired) electrons. The Labute approximate surface area is 146 Å². The minimum atomic E-state index is 0.671. The lowest BCUT2D eigenvalue weighted by atomic mass is 9.92. The van der Waals surface area contributed by atoms with Crippen LogP contribution in [0.5, 0.6) is 0 Å². The van der Waals surface area contributed by atoms with Gasteiger partial charge < -0.3 is 15.1 Å². The summed E-state index contributed by atoms with van der Waals surface area (Å²) in [7, 11) is 2.28. The molecule has 1 fully saturated rings. The van der Waals surface area contributed by atoms with Gasteiger partial charge in [-0.2, -0.15) is 0 Å². The van der Waals surface area contributed by atoms with Crippen molar-refractivity contribution in [1.82, 2.24) is 10.2 Å². The molecule has 1 aromatic rings. The Balaban J connectivity index is 1.60. The van der Waals surface area contributed by atoms with Crippen LogP contribution in [0, 0.1) is 6.92 Å². The molecule has 0 saturated carbocycles. The molecule has 0 aliphatic carbocycles. The predicted octanol–water partition coefficient (Wildman–Crippen LogP) is 3.43. The SMILES string of the molecule is Cc1ccc2c(c1)[C@@H]1CN(C)CCC[C@@H]1N2CCC1=CCNC=C1. The second kappa shape index (κ2) is 6.64. The Hall–Kier alpha value is -1.74. The van der Waals surface area contributed by atoms with Crippen molar-refractivity contribution >= 4 is 5.69 Å². The quantitative estimate of drug-likeness (QED) is 0.919. The van der Waals surface area contributed by atoms with Crippen LogP contribution in [-0.2, 0) is 0 Å². The third-order valence-corrected chi connectivity index (χ3v) is 5.84. The normalized spacial score (nSPS) is 26.4. The van der Waals surface area contributed by atoms with Crippen molar-refractivity contribution in [2.45, 2.75) is 38.1 Å². The van der Waals surface area contributed by atoms with Gasteiger partial charge in [0.2, 0.25) is 0 Å². The summed E-state index contributed by atoms with van der Waals surface area (Å²) in [6.07, 6.45) is 10.4. The number of benzene rings is 1. The highest BCUT2D eigenvalue weighted by atomic mass is 15.2. The molecule has 1 saturated heterocycles. The van der Waals surface area contributed by atoms with E-state index in [1.165, 1.54) is 42.8 Å². The number of nitrogens with one attached hydrogen (secondary N) is 1. The molecule has 3 aliphatic rings. The van der Waals surface area contributed by atoms with Crippen molar-refractivity contribution in [3.63, 3.8) is 0 Å². The predicted molar refractivity (Wildman–Crippen MR) is 102 cm³/mol. The number of hydrogen-bond acceptors (Lipinski definition) is 3. The van der Waals surface area contributed by atoms with Crippen LogP contribution >= 0.6 is 0 Å². The summed E-state index contributed by atoms with van der Waals surface area (Å²) in [5.74, 6) is 0.671. The van der Waals surface area contributed by atoms with E-state index in [-0.39, 0.29) is 0 Å². The van der Waals surface area contributed by atoms with Crippen LogP contribution in [0.3, 0.4) is 0 Å². The van der Waals surface area contributed by atoms with Crippen molar-refractivity contribution in [3.05, 3.63) is 53.3 Å². The number of likely N-dealkylation sites (N-methyl/N-ethyl adjacent to an activating group) is 1. The maximum Gasteiger partial charge on any atom is 0.0405 e. The van der Waals surface area contributed by atoms with Crippen LogP contribution in [0.15, 0.2) is 42.1 Å². The lowest BCUT2D eigenvalue weighted by molar-refractivity contribution is 0.330. The van der Waals surface area contributed by atoms with E-state index in [4.69, 9.17) is 0 Å². The summed E-state index contributed by atoms with van der Waals surface area (Å²) in [6.45, 7) is 6.77. The van der Waals surface area contributed by atoms with Crippen LogP contribution in [0.2, 0.25) is 0 Å². The van der Waals surface area contributed by atoms with E-state index in [9.17, 15) is 0 Å². The number of hydrogen-bond donors (Lipinski definition) is 1. The van der Waals surface area contributed by atoms with E-state index in [2.05, 4.69) is 65.6 Å². The Morgan fingerprint density at radius 2 is 2.21 bits per heavy atom. The third-order valence-electron chi connectivity index (χ3n) is 5.84. The summed E-state index contributed by atoms with van der Waals surface area (Å²) in [5, 5.41) is 3.25. The fraction of sp³-hybridized carbons (Fsp3) is 0.524. The molecule has 1 aromatic carbocycles. The Morgan fingerprint density at radius 1 is 1.29 bits per heavy atom. The minimum absolute atomic E-state index is 0.671. The molecule has 3 heterocycles. The van der Waals surface area contributed by atoms with Gasteiger partial charge in [-0.05, 0) is 69.3 Å². The van der Waals surface area contributed by atoms with E-state index in [0.717, 1.165) is 19.5 Å². The Bertz CT molecular complexity index is 661. The molecule has 3 aliphatic heterocycles. The number of aryl methyl sites for hydroxylation is 1. The summed E-state index contributed by atoms with van der Waals surface area (Å²) >= 11 is 0. The monoisotopic (exact) mass is 323 g/mol. The number of likely N-dealkylation sites (tertiary alicyclic amines) is 1. The van der Waals surface area contributed by atoms with Gasteiger partial charge in [0.05, 0.1) is 0 Å². The fourth-order valence-electron chi connectivity index (χ4n) is 4.62. The maximum absolute atomic E-state index is 3.25. The molecule has 4 rings (SSSR count). The first-order chi connectivity index (χ1) is 11.7. The molecule has 3 nitrogen and oxygen atoms in total. The second-order valence-electron chi connectivity index (χ2n) is 7.60. The van der Waals surface area contributed by atoms with E-state index in [1.807, 2.05) is 0 Å². The zero-order chi connectivity index (χ0) is 16.5. The number of allylic oxidation sites excluding steroid dienone is 1. The summed E-state index contributed by atoms with van der Waals surface area (Å²) < 4.78 is 0. The zero-order valence-electron chi connectivity index (χ0n) is 15.0. The number of dihydropyridines is 1. The average molecular weight is 323 g/mol. The minimum Gasteiger partial charge on any atom is -0.387 e. The van der Waals surface area contributed by atoms with Gasteiger partial charge in [0.15, 0.2) is 0 Å². The van der Waals surface area contributed by atoms with Crippen molar-refractivity contribution in [2.24, 2.45) is 0 Å². The molecule has 0 aromatic heterocycles. The van der Waals surface area contributed by atoms with Gasteiger partial charge in [0.1, 0.15) is 0 Å². The summed E-state index contributed by atoms with van der Waals surface area (Å²) in [4.78, 5) is 5.24. The fourth-order valence-corrected chi connectivity index (χ4v) is 4.62. The molecule has 3 heteroatoms. The van der Waals surface area contributed by atoms with Crippen molar-refractivity contribution in [1.29, 1.82) is 0 Å². The van der Waals surface area contributed by atoms with Crippen molar-refractivity contribution in [3.8, 4) is 0 Å².